The zero-order valence-electron chi connectivity index (χ0n) is 19.2. The van der Waals surface area contributed by atoms with E-state index >= 15 is 0 Å². The Morgan fingerprint density at radius 3 is 2.34 bits per heavy atom. The highest BCUT2D eigenvalue weighted by atomic mass is 127. The van der Waals surface area contributed by atoms with Gasteiger partial charge in [-0.3, -0.25) is 14.7 Å². The fourth-order valence-corrected chi connectivity index (χ4v) is 4.13. The van der Waals surface area contributed by atoms with Gasteiger partial charge in [-0.1, -0.05) is 13.0 Å². The van der Waals surface area contributed by atoms with Crippen molar-refractivity contribution < 1.29 is 13.6 Å². The highest BCUT2D eigenvalue weighted by Gasteiger charge is 2.24. The van der Waals surface area contributed by atoms with Crippen molar-refractivity contribution >= 4 is 35.8 Å². The maximum Gasteiger partial charge on any atom is 0.236 e. The first kappa shape index (κ1) is 26.8. The van der Waals surface area contributed by atoms with E-state index in [4.69, 9.17) is 4.99 Å². The molecule has 0 saturated carbocycles. The predicted molar refractivity (Wildman–Crippen MR) is 135 cm³/mol. The van der Waals surface area contributed by atoms with Gasteiger partial charge in [0.1, 0.15) is 0 Å². The standard InChI is InChI=1S/C23H35F2N5O.HI/c1-3-26-23(27-16-18(2)19-7-8-20(24)21(25)15-19)30-13-11-28(12-14-30)17-22(31)29-9-5-4-6-10-29;/h7-8,15,18H,3-6,9-14,16-17H2,1-2H3,(H,26,27);1H. The largest absolute Gasteiger partial charge is 0.357 e. The van der Waals surface area contributed by atoms with Crippen LogP contribution >= 0.6 is 24.0 Å². The van der Waals surface area contributed by atoms with Gasteiger partial charge in [-0.2, -0.15) is 0 Å². The van der Waals surface area contributed by atoms with E-state index in [0.29, 0.717) is 13.1 Å². The van der Waals surface area contributed by atoms with Crippen molar-refractivity contribution in [3.8, 4) is 0 Å². The molecule has 1 amide bonds. The number of guanidine groups is 1. The van der Waals surface area contributed by atoms with Crippen LogP contribution in [0.2, 0.25) is 0 Å². The lowest BCUT2D eigenvalue weighted by atomic mass is 10.0. The molecule has 2 aliphatic heterocycles. The Labute approximate surface area is 207 Å². The number of hydrogen-bond donors (Lipinski definition) is 1. The van der Waals surface area contributed by atoms with Gasteiger partial charge in [-0.05, 0) is 43.9 Å². The Morgan fingerprint density at radius 1 is 1.03 bits per heavy atom. The molecule has 1 N–H and O–H groups in total. The number of piperazine rings is 1. The molecule has 0 aliphatic carbocycles. The van der Waals surface area contributed by atoms with Gasteiger partial charge in [-0.15, -0.1) is 24.0 Å². The fraction of sp³-hybridized carbons (Fsp3) is 0.652. The lowest BCUT2D eigenvalue weighted by Crippen LogP contribution is -2.54. The van der Waals surface area contributed by atoms with Crippen LogP contribution in [0.4, 0.5) is 8.78 Å². The lowest BCUT2D eigenvalue weighted by Gasteiger charge is -2.37. The number of carbonyl (C=O) groups excluding carboxylic acids is 1. The van der Waals surface area contributed by atoms with Crippen LogP contribution in [-0.2, 0) is 4.79 Å². The molecule has 0 spiro atoms. The second-order valence-electron chi connectivity index (χ2n) is 8.47. The number of nitrogens with zero attached hydrogens (tertiary/aromatic N) is 4. The van der Waals surface area contributed by atoms with E-state index in [9.17, 15) is 13.6 Å². The molecule has 9 heteroatoms. The number of likely N-dealkylation sites (tertiary alicyclic amines) is 1. The second kappa shape index (κ2) is 13.3. The van der Waals surface area contributed by atoms with E-state index in [1.165, 1.54) is 18.6 Å². The first-order valence-corrected chi connectivity index (χ1v) is 11.5. The van der Waals surface area contributed by atoms with Crippen LogP contribution in [0.15, 0.2) is 23.2 Å². The Bertz CT molecular complexity index is 765. The smallest absolute Gasteiger partial charge is 0.236 e. The number of nitrogens with one attached hydrogen (secondary N) is 1. The van der Waals surface area contributed by atoms with Crippen LogP contribution in [0.1, 0.15) is 44.6 Å². The molecule has 1 aromatic carbocycles. The molecule has 0 aromatic heterocycles. The predicted octanol–water partition coefficient (Wildman–Crippen LogP) is 3.28. The van der Waals surface area contributed by atoms with Gasteiger partial charge >= 0.3 is 0 Å². The van der Waals surface area contributed by atoms with E-state index in [1.807, 2.05) is 18.7 Å². The molecule has 1 unspecified atom stereocenters. The second-order valence-corrected chi connectivity index (χ2v) is 8.47. The lowest BCUT2D eigenvalue weighted by molar-refractivity contribution is -0.133. The number of piperidine rings is 1. The molecule has 1 aromatic rings. The van der Waals surface area contributed by atoms with Crippen LogP contribution in [-0.4, -0.2) is 85.5 Å². The number of hydrogen-bond acceptors (Lipinski definition) is 3. The van der Waals surface area contributed by atoms with Gasteiger partial charge in [0.25, 0.3) is 0 Å². The van der Waals surface area contributed by atoms with Gasteiger partial charge in [-0.25, -0.2) is 8.78 Å². The zero-order chi connectivity index (χ0) is 22.2. The number of halogens is 3. The summed E-state index contributed by atoms with van der Waals surface area (Å²) in [6.45, 7) is 10.8. The van der Waals surface area contributed by atoms with Crippen LogP contribution < -0.4 is 5.32 Å². The molecule has 2 heterocycles. The molecule has 0 bridgehead atoms. The van der Waals surface area contributed by atoms with Gasteiger partial charge in [0.05, 0.1) is 6.54 Å². The van der Waals surface area contributed by atoms with Crippen molar-refractivity contribution in [2.24, 2.45) is 4.99 Å². The molecule has 32 heavy (non-hydrogen) atoms. The Balaban J connectivity index is 0.00000363. The molecular formula is C23H36F2IN5O. The number of carbonyl (C=O) groups is 1. The molecule has 6 nitrogen and oxygen atoms in total. The maximum absolute atomic E-state index is 13.5. The molecular weight excluding hydrogens is 527 g/mol. The quantitative estimate of drug-likeness (QED) is 0.328. The van der Waals surface area contributed by atoms with Crippen LogP contribution in [0.5, 0.6) is 0 Å². The third-order valence-electron chi connectivity index (χ3n) is 6.10. The van der Waals surface area contributed by atoms with Gasteiger partial charge in [0.2, 0.25) is 5.91 Å². The molecule has 180 valence electrons. The number of rotatable bonds is 6. The summed E-state index contributed by atoms with van der Waals surface area (Å²) in [6.07, 6.45) is 3.46. The summed E-state index contributed by atoms with van der Waals surface area (Å²) in [4.78, 5) is 23.7. The third-order valence-corrected chi connectivity index (χ3v) is 6.10. The van der Waals surface area contributed by atoms with Gasteiger partial charge in [0, 0.05) is 58.3 Å². The molecule has 0 radical (unpaired) electrons. The van der Waals surface area contributed by atoms with Crippen LogP contribution in [0.25, 0.3) is 0 Å². The van der Waals surface area contributed by atoms with E-state index in [-0.39, 0.29) is 35.8 Å². The van der Waals surface area contributed by atoms with Crippen LogP contribution in [0, 0.1) is 11.6 Å². The first-order chi connectivity index (χ1) is 15.0. The Hall–Kier alpha value is -1.49. The van der Waals surface area contributed by atoms with E-state index in [1.54, 1.807) is 6.07 Å². The highest BCUT2D eigenvalue weighted by molar-refractivity contribution is 14.0. The van der Waals surface area contributed by atoms with E-state index < -0.39 is 11.6 Å². The van der Waals surface area contributed by atoms with Gasteiger partial charge < -0.3 is 15.1 Å². The summed E-state index contributed by atoms with van der Waals surface area (Å²) < 4.78 is 26.7. The minimum Gasteiger partial charge on any atom is -0.357 e. The number of amides is 1. The Kier molecular flexibility index (Phi) is 11.1. The topological polar surface area (TPSA) is 51.2 Å². The minimum absolute atomic E-state index is 0. The summed E-state index contributed by atoms with van der Waals surface area (Å²) in [5, 5.41) is 3.34. The average molecular weight is 563 g/mol. The SMILES string of the molecule is CCNC(=NCC(C)c1ccc(F)c(F)c1)N1CCN(CC(=O)N2CCCCC2)CC1.I. The molecule has 2 aliphatic rings. The van der Waals surface area contributed by atoms with Crippen molar-refractivity contribution in [3.05, 3.63) is 35.4 Å². The van der Waals surface area contributed by atoms with Gasteiger partial charge in [0.15, 0.2) is 17.6 Å². The molecule has 1 atom stereocenters. The fourth-order valence-electron chi connectivity index (χ4n) is 4.13. The highest BCUT2D eigenvalue weighted by Crippen LogP contribution is 2.18. The number of benzene rings is 1. The third kappa shape index (κ3) is 7.54. The van der Waals surface area contributed by atoms with E-state index in [0.717, 1.165) is 70.2 Å². The summed E-state index contributed by atoms with van der Waals surface area (Å²) >= 11 is 0. The molecule has 2 fully saturated rings. The summed E-state index contributed by atoms with van der Waals surface area (Å²) in [6, 6.07) is 4.03. The van der Waals surface area contributed by atoms with Crippen molar-refractivity contribution in [1.29, 1.82) is 0 Å². The van der Waals surface area contributed by atoms with Crippen molar-refractivity contribution in [1.82, 2.24) is 20.0 Å². The Morgan fingerprint density at radius 2 is 1.72 bits per heavy atom. The van der Waals surface area contributed by atoms with Crippen molar-refractivity contribution in [2.45, 2.75) is 39.0 Å². The van der Waals surface area contributed by atoms with Crippen molar-refractivity contribution in [2.75, 3.05) is 58.9 Å². The zero-order valence-corrected chi connectivity index (χ0v) is 21.5. The monoisotopic (exact) mass is 563 g/mol. The van der Waals surface area contributed by atoms with E-state index in [2.05, 4.69) is 15.1 Å². The van der Waals surface area contributed by atoms with Crippen LogP contribution in [0.3, 0.4) is 0 Å². The minimum atomic E-state index is -0.829. The average Bonchev–Trinajstić information content (AvgIpc) is 2.79. The number of aliphatic imine (C=N–C) groups is 1. The van der Waals surface area contributed by atoms with Crippen molar-refractivity contribution in [3.63, 3.8) is 0 Å². The summed E-state index contributed by atoms with van der Waals surface area (Å²) in [5.74, 6) is -0.597. The molecule has 2 saturated heterocycles. The first-order valence-electron chi connectivity index (χ1n) is 11.5. The summed E-state index contributed by atoms with van der Waals surface area (Å²) in [7, 11) is 0. The molecule has 3 rings (SSSR count). The maximum atomic E-state index is 13.5. The normalized spacial score (nSPS) is 18.8. The summed E-state index contributed by atoms with van der Waals surface area (Å²) in [5.41, 5.74) is 0.736.